The van der Waals surface area contributed by atoms with E-state index >= 15 is 0 Å². The van der Waals surface area contributed by atoms with Crippen molar-refractivity contribution in [1.29, 1.82) is 0 Å². The quantitative estimate of drug-likeness (QED) is 0.624. The molecule has 6 heteroatoms. The van der Waals surface area contributed by atoms with Crippen molar-refractivity contribution in [1.82, 2.24) is 15.2 Å². The molecule has 0 radical (unpaired) electrons. The van der Waals surface area contributed by atoms with Gasteiger partial charge >= 0.3 is 0 Å². The highest BCUT2D eigenvalue weighted by Gasteiger charge is 2.09. The van der Waals surface area contributed by atoms with Crippen molar-refractivity contribution in [3.8, 4) is 11.5 Å². The Labute approximate surface area is 165 Å². The lowest BCUT2D eigenvalue weighted by Crippen LogP contribution is -2.31. The van der Waals surface area contributed by atoms with E-state index in [9.17, 15) is 4.79 Å². The zero-order chi connectivity index (χ0) is 19.8. The number of carbonyl (C=O) groups excluding carboxylic acids is 1. The van der Waals surface area contributed by atoms with Crippen LogP contribution in [0.4, 0.5) is 11.5 Å². The Bertz CT molecular complexity index is 913. The van der Waals surface area contributed by atoms with Crippen molar-refractivity contribution in [2.24, 2.45) is 0 Å². The highest BCUT2D eigenvalue weighted by atomic mass is 16.5. The number of hydrogen-bond acceptors (Lipinski definition) is 5. The number of ether oxygens (including phenoxy) is 1. The van der Waals surface area contributed by atoms with Crippen LogP contribution in [0.5, 0.6) is 11.5 Å². The van der Waals surface area contributed by atoms with Crippen LogP contribution in [-0.4, -0.2) is 43.0 Å². The number of nitrogens with one attached hydrogen (secondary N) is 2. The van der Waals surface area contributed by atoms with Gasteiger partial charge < -0.3 is 20.3 Å². The Morgan fingerprint density at radius 2 is 1.79 bits per heavy atom. The Morgan fingerprint density at radius 3 is 2.57 bits per heavy atom. The number of pyridine rings is 1. The van der Waals surface area contributed by atoms with Crippen molar-refractivity contribution in [2.45, 2.75) is 0 Å². The molecule has 3 rings (SSSR count). The van der Waals surface area contributed by atoms with E-state index in [0.29, 0.717) is 23.7 Å². The maximum atomic E-state index is 12.3. The summed E-state index contributed by atoms with van der Waals surface area (Å²) in [5.74, 6) is 1.88. The molecule has 0 aliphatic heterocycles. The Hall–Kier alpha value is -3.38. The predicted molar refractivity (Wildman–Crippen MR) is 111 cm³/mol. The zero-order valence-corrected chi connectivity index (χ0v) is 16.1. The average Bonchev–Trinajstić information content (AvgIpc) is 2.70. The summed E-state index contributed by atoms with van der Waals surface area (Å²) < 4.78 is 5.96. The summed E-state index contributed by atoms with van der Waals surface area (Å²) in [6.45, 7) is 1.37. The number of hydrogen-bond donors (Lipinski definition) is 2. The van der Waals surface area contributed by atoms with Crippen LogP contribution >= 0.6 is 0 Å². The van der Waals surface area contributed by atoms with Crippen LogP contribution < -0.4 is 15.4 Å². The molecule has 1 heterocycles. The van der Waals surface area contributed by atoms with E-state index in [2.05, 4.69) is 15.6 Å². The molecule has 144 valence electrons. The Balaban J connectivity index is 1.71. The van der Waals surface area contributed by atoms with E-state index in [4.69, 9.17) is 4.74 Å². The molecule has 0 bridgehead atoms. The number of likely N-dealkylation sites (N-methyl/N-ethyl adjacent to an activating group) is 1. The number of benzene rings is 2. The van der Waals surface area contributed by atoms with E-state index in [1.807, 2.05) is 73.6 Å². The Kier molecular flexibility index (Phi) is 6.59. The van der Waals surface area contributed by atoms with Crippen LogP contribution in [-0.2, 0) is 0 Å². The first kappa shape index (κ1) is 19.4. The molecule has 0 spiro atoms. The second kappa shape index (κ2) is 9.53. The van der Waals surface area contributed by atoms with E-state index < -0.39 is 0 Å². The third-order valence-electron chi connectivity index (χ3n) is 3.99. The van der Waals surface area contributed by atoms with Crippen molar-refractivity contribution in [2.75, 3.05) is 32.5 Å². The molecule has 0 unspecified atom stereocenters. The van der Waals surface area contributed by atoms with Gasteiger partial charge in [0.1, 0.15) is 11.6 Å². The molecule has 0 aliphatic rings. The van der Waals surface area contributed by atoms with Gasteiger partial charge in [-0.25, -0.2) is 4.98 Å². The van der Waals surface area contributed by atoms with E-state index in [1.54, 1.807) is 18.3 Å². The summed E-state index contributed by atoms with van der Waals surface area (Å²) in [6.07, 6.45) is 1.61. The van der Waals surface area contributed by atoms with Gasteiger partial charge in [0.25, 0.3) is 5.91 Å². The largest absolute Gasteiger partial charge is 0.455 e. The van der Waals surface area contributed by atoms with Gasteiger partial charge in [-0.3, -0.25) is 4.79 Å². The van der Waals surface area contributed by atoms with Gasteiger partial charge in [-0.2, -0.15) is 0 Å². The predicted octanol–water partition coefficient (Wildman–Crippen LogP) is 3.91. The molecule has 0 atom stereocenters. The minimum absolute atomic E-state index is 0.124. The molecule has 0 saturated heterocycles. The van der Waals surface area contributed by atoms with Gasteiger partial charge in [0, 0.05) is 24.8 Å². The molecule has 0 aliphatic carbocycles. The standard InChI is InChI=1S/C22H24N4O2/c1-26(2)15-14-24-22(27)17-12-13-23-21(16-17)25-19-10-6-7-11-20(19)28-18-8-4-3-5-9-18/h3-13,16H,14-15H2,1-2H3,(H,23,25)(H,24,27). The van der Waals surface area contributed by atoms with Gasteiger partial charge in [0.2, 0.25) is 0 Å². The van der Waals surface area contributed by atoms with Gasteiger partial charge in [0.15, 0.2) is 5.75 Å². The third kappa shape index (κ3) is 5.56. The minimum atomic E-state index is -0.124. The first-order valence-electron chi connectivity index (χ1n) is 9.10. The fourth-order valence-electron chi connectivity index (χ4n) is 2.55. The topological polar surface area (TPSA) is 66.5 Å². The van der Waals surface area contributed by atoms with Crippen molar-refractivity contribution >= 4 is 17.4 Å². The summed E-state index contributed by atoms with van der Waals surface area (Å²) in [4.78, 5) is 18.7. The average molecular weight is 376 g/mol. The molecule has 28 heavy (non-hydrogen) atoms. The lowest BCUT2D eigenvalue weighted by molar-refractivity contribution is 0.0951. The SMILES string of the molecule is CN(C)CCNC(=O)c1ccnc(Nc2ccccc2Oc2ccccc2)c1. The van der Waals surface area contributed by atoms with Crippen LogP contribution in [0.15, 0.2) is 72.9 Å². The first-order valence-corrected chi connectivity index (χ1v) is 9.10. The second-order valence-corrected chi connectivity index (χ2v) is 6.53. The summed E-state index contributed by atoms with van der Waals surface area (Å²) in [6, 6.07) is 20.6. The second-order valence-electron chi connectivity index (χ2n) is 6.53. The summed E-state index contributed by atoms with van der Waals surface area (Å²) >= 11 is 0. The molecular formula is C22H24N4O2. The van der Waals surface area contributed by atoms with Gasteiger partial charge in [0.05, 0.1) is 5.69 Å². The van der Waals surface area contributed by atoms with Crippen LogP contribution in [0.25, 0.3) is 0 Å². The fourth-order valence-corrected chi connectivity index (χ4v) is 2.55. The van der Waals surface area contributed by atoms with Crippen LogP contribution in [0.2, 0.25) is 0 Å². The van der Waals surface area contributed by atoms with Gasteiger partial charge in [-0.05, 0) is 50.5 Å². The minimum Gasteiger partial charge on any atom is -0.455 e. The number of carbonyl (C=O) groups is 1. The molecule has 2 N–H and O–H groups in total. The van der Waals surface area contributed by atoms with Crippen molar-refractivity contribution in [3.05, 3.63) is 78.5 Å². The van der Waals surface area contributed by atoms with E-state index in [1.165, 1.54) is 0 Å². The molecule has 0 fully saturated rings. The van der Waals surface area contributed by atoms with Gasteiger partial charge in [-0.15, -0.1) is 0 Å². The molecule has 0 saturated carbocycles. The monoisotopic (exact) mass is 376 g/mol. The highest BCUT2D eigenvalue weighted by Crippen LogP contribution is 2.31. The summed E-state index contributed by atoms with van der Waals surface area (Å²) in [7, 11) is 3.94. The van der Waals surface area contributed by atoms with E-state index in [-0.39, 0.29) is 5.91 Å². The molecule has 1 aromatic heterocycles. The number of rotatable bonds is 8. The third-order valence-corrected chi connectivity index (χ3v) is 3.99. The molecular weight excluding hydrogens is 352 g/mol. The van der Waals surface area contributed by atoms with Crippen molar-refractivity contribution < 1.29 is 9.53 Å². The molecule has 2 aromatic carbocycles. The number of aromatic nitrogens is 1. The number of para-hydroxylation sites is 3. The van der Waals surface area contributed by atoms with Gasteiger partial charge in [-0.1, -0.05) is 30.3 Å². The number of amides is 1. The summed E-state index contributed by atoms with van der Waals surface area (Å²) in [5, 5.41) is 6.14. The zero-order valence-electron chi connectivity index (χ0n) is 16.1. The molecule has 3 aromatic rings. The molecule has 1 amide bonds. The lowest BCUT2D eigenvalue weighted by Gasteiger charge is -2.13. The number of anilines is 2. The maximum absolute atomic E-state index is 12.3. The Morgan fingerprint density at radius 1 is 1.04 bits per heavy atom. The smallest absolute Gasteiger partial charge is 0.251 e. The van der Waals surface area contributed by atoms with Crippen LogP contribution in [0.3, 0.4) is 0 Å². The summed E-state index contributed by atoms with van der Waals surface area (Å²) in [5.41, 5.74) is 1.32. The maximum Gasteiger partial charge on any atom is 0.251 e. The highest BCUT2D eigenvalue weighted by molar-refractivity contribution is 5.94. The van der Waals surface area contributed by atoms with E-state index in [0.717, 1.165) is 18.0 Å². The van der Waals surface area contributed by atoms with Crippen LogP contribution in [0.1, 0.15) is 10.4 Å². The molecule has 6 nitrogen and oxygen atoms in total. The first-order chi connectivity index (χ1) is 13.6. The normalized spacial score (nSPS) is 10.5. The number of nitrogens with zero attached hydrogens (tertiary/aromatic N) is 2. The lowest BCUT2D eigenvalue weighted by atomic mass is 10.2. The van der Waals surface area contributed by atoms with Crippen molar-refractivity contribution in [3.63, 3.8) is 0 Å². The fraction of sp³-hybridized carbons (Fsp3) is 0.182. The van der Waals surface area contributed by atoms with Crippen LogP contribution in [0, 0.1) is 0 Å².